The summed E-state index contributed by atoms with van der Waals surface area (Å²) in [5.41, 5.74) is 0.959. The van der Waals surface area contributed by atoms with Gasteiger partial charge in [0.1, 0.15) is 0 Å². The number of guanidine groups is 1. The molecule has 27 heavy (non-hydrogen) atoms. The Morgan fingerprint density at radius 1 is 1.19 bits per heavy atom. The Morgan fingerprint density at radius 3 is 2.52 bits per heavy atom. The van der Waals surface area contributed by atoms with E-state index >= 15 is 0 Å². The van der Waals surface area contributed by atoms with Gasteiger partial charge in [0.25, 0.3) is 0 Å². The average molecular weight is 530 g/mol. The van der Waals surface area contributed by atoms with Gasteiger partial charge in [-0.3, -0.25) is 4.99 Å². The van der Waals surface area contributed by atoms with Crippen molar-refractivity contribution in [3.05, 3.63) is 33.8 Å². The van der Waals surface area contributed by atoms with Crippen LogP contribution in [0.1, 0.15) is 24.8 Å². The molecule has 154 valence electrons. The highest BCUT2D eigenvalue weighted by molar-refractivity contribution is 14.0. The summed E-state index contributed by atoms with van der Waals surface area (Å²) in [6.07, 6.45) is 3.92. The third kappa shape index (κ3) is 9.65. The Morgan fingerprint density at radius 2 is 1.85 bits per heavy atom. The van der Waals surface area contributed by atoms with Crippen LogP contribution in [-0.2, 0) is 15.9 Å². The summed E-state index contributed by atoms with van der Waals surface area (Å²) >= 11 is 12.4. The molecule has 1 aliphatic rings. The number of benzene rings is 1. The lowest BCUT2D eigenvalue weighted by atomic mass is 10.0. The van der Waals surface area contributed by atoms with Gasteiger partial charge in [0, 0.05) is 56.6 Å². The molecule has 0 amide bonds. The third-order valence-electron chi connectivity index (χ3n) is 4.41. The Bertz CT molecular complexity index is 550. The van der Waals surface area contributed by atoms with Crippen molar-refractivity contribution in [1.29, 1.82) is 0 Å². The predicted molar refractivity (Wildman–Crippen MR) is 124 cm³/mol. The number of hydrogen-bond donors (Lipinski definition) is 2. The van der Waals surface area contributed by atoms with E-state index in [4.69, 9.17) is 32.7 Å². The first kappa shape index (κ1) is 24.8. The fourth-order valence-corrected chi connectivity index (χ4v) is 3.43. The summed E-state index contributed by atoms with van der Waals surface area (Å²) in [6, 6.07) is 5.57. The molecule has 1 heterocycles. The van der Waals surface area contributed by atoms with Crippen molar-refractivity contribution >= 4 is 53.1 Å². The lowest BCUT2D eigenvalue weighted by Crippen LogP contribution is -2.39. The molecule has 1 aliphatic heterocycles. The Kier molecular flexibility index (Phi) is 13.5. The molecule has 0 bridgehead atoms. The number of aliphatic imine (C=N–C) groups is 1. The molecule has 0 saturated carbocycles. The molecular formula is C19H30Cl2IN3O2. The second-order valence-corrected chi connectivity index (χ2v) is 7.17. The van der Waals surface area contributed by atoms with Gasteiger partial charge in [-0.25, -0.2) is 0 Å². The zero-order valence-electron chi connectivity index (χ0n) is 15.8. The molecule has 1 aromatic rings. The fourth-order valence-electron chi connectivity index (χ4n) is 2.84. The van der Waals surface area contributed by atoms with Crippen LogP contribution in [0, 0.1) is 5.92 Å². The van der Waals surface area contributed by atoms with Crippen LogP contribution < -0.4 is 10.6 Å². The molecule has 1 aromatic carbocycles. The number of hydrogen-bond acceptors (Lipinski definition) is 3. The first-order valence-corrected chi connectivity index (χ1v) is 9.99. The topological polar surface area (TPSA) is 54.9 Å². The standard InChI is InChI=1S/C19H29Cl2N3O2.HI/c1-22-19(24-10-6-16-17(20)4-2-5-18(16)21)23-9-3-11-26-14-15-7-12-25-13-8-15;/h2,4-5,15H,3,6-14H2,1H3,(H2,22,23,24);1H. The van der Waals surface area contributed by atoms with Gasteiger partial charge in [0.2, 0.25) is 0 Å². The normalized spacial score (nSPS) is 15.3. The zero-order valence-corrected chi connectivity index (χ0v) is 19.7. The van der Waals surface area contributed by atoms with Crippen LogP contribution in [0.5, 0.6) is 0 Å². The quantitative estimate of drug-likeness (QED) is 0.218. The van der Waals surface area contributed by atoms with Crippen LogP contribution >= 0.6 is 47.2 Å². The van der Waals surface area contributed by atoms with Crippen molar-refractivity contribution in [2.75, 3.05) is 46.6 Å². The minimum atomic E-state index is 0. The van der Waals surface area contributed by atoms with Crippen molar-refractivity contribution in [1.82, 2.24) is 10.6 Å². The van der Waals surface area contributed by atoms with Crippen LogP contribution in [-0.4, -0.2) is 52.5 Å². The van der Waals surface area contributed by atoms with Gasteiger partial charge < -0.3 is 20.1 Å². The lowest BCUT2D eigenvalue weighted by Gasteiger charge is -2.21. The highest BCUT2D eigenvalue weighted by atomic mass is 127. The molecule has 1 saturated heterocycles. The van der Waals surface area contributed by atoms with Crippen LogP contribution in [0.15, 0.2) is 23.2 Å². The molecule has 5 nitrogen and oxygen atoms in total. The maximum absolute atomic E-state index is 6.19. The molecule has 0 radical (unpaired) electrons. The SMILES string of the molecule is CN=C(NCCCOCC1CCOCC1)NCCc1c(Cl)cccc1Cl.I. The summed E-state index contributed by atoms with van der Waals surface area (Å²) in [4.78, 5) is 4.23. The van der Waals surface area contributed by atoms with Gasteiger partial charge in [-0.15, -0.1) is 24.0 Å². The van der Waals surface area contributed by atoms with E-state index in [0.29, 0.717) is 22.5 Å². The average Bonchev–Trinajstić information content (AvgIpc) is 2.66. The van der Waals surface area contributed by atoms with Crippen LogP contribution in [0.2, 0.25) is 10.0 Å². The maximum Gasteiger partial charge on any atom is 0.190 e. The first-order chi connectivity index (χ1) is 12.7. The number of halogens is 3. The lowest BCUT2D eigenvalue weighted by molar-refractivity contribution is 0.0203. The van der Waals surface area contributed by atoms with Gasteiger partial charge in [-0.2, -0.15) is 0 Å². The van der Waals surface area contributed by atoms with E-state index in [1.54, 1.807) is 7.05 Å². The second-order valence-electron chi connectivity index (χ2n) is 6.36. The van der Waals surface area contributed by atoms with E-state index < -0.39 is 0 Å². The minimum absolute atomic E-state index is 0. The molecule has 0 spiro atoms. The van der Waals surface area contributed by atoms with Crippen molar-refractivity contribution in [2.24, 2.45) is 10.9 Å². The van der Waals surface area contributed by atoms with E-state index in [1.165, 1.54) is 0 Å². The summed E-state index contributed by atoms with van der Waals surface area (Å²) < 4.78 is 11.1. The van der Waals surface area contributed by atoms with E-state index in [9.17, 15) is 0 Å². The largest absolute Gasteiger partial charge is 0.381 e. The van der Waals surface area contributed by atoms with Gasteiger partial charge in [0.15, 0.2) is 5.96 Å². The molecule has 0 atom stereocenters. The molecule has 1 fully saturated rings. The van der Waals surface area contributed by atoms with E-state index in [-0.39, 0.29) is 24.0 Å². The van der Waals surface area contributed by atoms with Gasteiger partial charge in [-0.05, 0) is 49.3 Å². The Labute approximate surface area is 189 Å². The van der Waals surface area contributed by atoms with Gasteiger partial charge in [0.05, 0.1) is 0 Å². The number of nitrogens with zero attached hydrogens (tertiary/aromatic N) is 1. The van der Waals surface area contributed by atoms with E-state index in [2.05, 4.69) is 15.6 Å². The monoisotopic (exact) mass is 529 g/mol. The Hall–Kier alpha value is -0.280. The number of rotatable bonds is 9. The van der Waals surface area contributed by atoms with Crippen molar-refractivity contribution in [3.8, 4) is 0 Å². The van der Waals surface area contributed by atoms with Crippen LogP contribution in [0.4, 0.5) is 0 Å². The highest BCUT2D eigenvalue weighted by Crippen LogP contribution is 2.24. The summed E-state index contributed by atoms with van der Waals surface area (Å²) in [5, 5.41) is 7.97. The van der Waals surface area contributed by atoms with E-state index in [0.717, 1.165) is 70.2 Å². The molecule has 0 aromatic heterocycles. The van der Waals surface area contributed by atoms with Gasteiger partial charge in [-0.1, -0.05) is 29.3 Å². The van der Waals surface area contributed by atoms with Crippen LogP contribution in [0.25, 0.3) is 0 Å². The molecule has 2 rings (SSSR count). The zero-order chi connectivity index (χ0) is 18.6. The Balaban J connectivity index is 0.00000364. The predicted octanol–water partition coefficient (Wildman–Crippen LogP) is 4.15. The third-order valence-corrected chi connectivity index (χ3v) is 5.11. The smallest absolute Gasteiger partial charge is 0.190 e. The minimum Gasteiger partial charge on any atom is -0.381 e. The summed E-state index contributed by atoms with van der Waals surface area (Å²) in [7, 11) is 1.76. The molecule has 0 unspecified atom stereocenters. The maximum atomic E-state index is 6.19. The highest BCUT2D eigenvalue weighted by Gasteiger charge is 2.13. The molecule has 0 aliphatic carbocycles. The first-order valence-electron chi connectivity index (χ1n) is 9.23. The van der Waals surface area contributed by atoms with Crippen molar-refractivity contribution < 1.29 is 9.47 Å². The van der Waals surface area contributed by atoms with Crippen molar-refractivity contribution in [2.45, 2.75) is 25.7 Å². The van der Waals surface area contributed by atoms with E-state index in [1.807, 2.05) is 18.2 Å². The molecule has 8 heteroatoms. The van der Waals surface area contributed by atoms with Gasteiger partial charge >= 0.3 is 0 Å². The second kappa shape index (κ2) is 14.7. The molecular weight excluding hydrogens is 500 g/mol. The number of nitrogens with one attached hydrogen (secondary N) is 2. The molecule has 2 N–H and O–H groups in total. The fraction of sp³-hybridized carbons (Fsp3) is 0.632. The van der Waals surface area contributed by atoms with Crippen LogP contribution in [0.3, 0.4) is 0 Å². The van der Waals surface area contributed by atoms with Crippen molar-refractivity contribution in [3.63, 3.8) is 0 Å². The summed E-state index contributed by atoms with van der Waals surface area (Å²) in [5.74, 6) is 1.43. The summed E-state index contributed by atoms with van der Waals surface area (Å²) in [6.45, 7) is 4.88. The number of ether oxygens (including phenoxy) is 2.